The number of aryl methyl sites for hydroxylation is 1. The molecule has 2 heterocycles. The van der Waals surface area contributed by atoms with Gasteiger partial charge in [-0.05, 0) is 37.3 Å². The minimum Gasteiger partial charge on any atom is -0.497 e. The predicted molar refractivity (Wildman–Crippen MR) is 120 cm³/mol. The van der Waals surface area contributed by atoms with E-state index in [1.54, 1.807) is 14.0 Å². The first-order valence-corrected chi connectivity index (χ1v) is 10.9. The van der Waals surface area contributed by atoms with E-state index in [0.29, 0.717) is 21.7 Å². The minimum atomic E-state index is -0.221. The number of rotatable bonds is 6. The van der Waals surface area contributed by atoms with Crippen molar-refractivity contribution < 1.29 is 9.53 Å². The van der Waals surface area contributed by atoms with Crippen LogP contribution in [0.3, 0.4) is 0 Å². The first kappa shape index (κ1) is 20.1. The van der Waals surface area contributed by atoms with Gasteiger partial charge >= 0.3 is 0 Å². The van der Waals surface area contributed by atoms with Gasteiger partial charge < -0.3 is 10.1 Å². The summed E-state index contributed by atoms with van der Waals surface area (Å²) in [5.74, 6) is 0.618. The molecule has 1 amide bonds. The maximum Gasteiger partial charge on any atom is 0.258 e. The number of thioether (sulfide) groups is 1. The van der Waals surface area contributed by atoms with Gasteiger partial charge in [-0.15, -0.1) is 0 Å². The van der Waals surface area contributed by atoms with Crippen molar-refractivity contribution in [2.75, 3.05) is 18.2 Å². The number of methoxy groups -OCH3 is 1. The van der Waals surface area contributed by atoms with E-state index in [1.165, 1.54) is 33.7 Å². The number of carbonyl (C=O) groups excluding carboxylic acids is 1. The molecule has 0 aliphatic carbocycles. The number of ether oxygens (including phenoxy) is 1. The number of amides is 1. The molecule has 0 atom stereocenters. The Balaban J connectivity index is 1.51. The second-order valence-corrected chi connectivity index (χ2v) is 8.35. The van der Waals surface area contributed by atoms with Crippen LogP contribution in [-0.2, 0) is 4.79 Å². The zero-order valence-electron chi connectivity index (χ0n) is 16.3. The van der Waals surface area contributed by atoms with Gasteiger partial charge in [0.25, 0.3) is 5.56 Å². The third-order valence-corrected chi connectivity index (χ3v) is 6.08. The molecular weight excluding hydrogens is 420 g/mol. The molecule has 0 aliphatic rings. The van der Waals surface area contributed by atoms with E-state index >= 15 is 0 Å². The van der Waals surface area contributed by atoms with Gasteiger partial charge in [-0.1, -0.05) is 41.3 Å². The number of nitrogens with one attached hydrogen (secondary N) is 1. The summed E-state index contributed by atoms with van der Waals surface area (Å²) in [4.78, 5) is 33.9. The monoisotopic (exact) mass is 438 g/mol. The average Bonchev–Trinajstić information content (AvgIpc) is 3.13. The van der Waals surface area contributed by atoms with Crippen LogP contribution in [0.1, 0.15) is 5.69 Å². The molecule has 9 heteroatoms. The summed E-state index contributed by atoms with van der Waals surface area (Å²) in [6.07, 6.45) is 0. The van der Waals surface area contributed by atoms with E-state index in [-0.39, 0.29) is 17.2 Å². The lowest BCUT2D eigenvalue weighted by Crippen LogP contribution is -2.22. The Hall–Kier alpha value is -3.17. The zero-order chi connectivity index (χ0) is 21.1. The van der Waals surface area contributed by atoms with Crippen molar-refractivity contribution >= 4 is 44.4 Å². The van der Waals surface area contributed by atoms with E-state index in [1.807, 2.05) is 48.5 Å². The first-order valence-electron chi connectivity index (χ1n) is 9.07. The van der Waals surface area contributed by atoms with Crippen LogP contribution in [0.4, 0.5) is 5.13 Å². The Kier molecular flexibility index (Phi) is 5.82. The van der Waals surface area contributed by atoms with Crippen LogP contribution in [0.25, 0.3) is 15.9 Å². The number of benzene rings is 2. The van der Waals surface area contributed by atoms with Crippen molar-refractivity contribution in [2.24, 2.45) is 0 Å². The molecule has 2 aromatic heterocycles. The van der Waals surface area contributed by atoms with Crippen molar-refractivity contribution in [2.45, 2.75) is 12.1 Å². The van der Waals surface area contributed by atoms with Crippen LogP contribution in [-0.4, -0.2) is 33.3 Å². The largest absolute Gasteiger partial charge is 0.497 e. The van der Waals surface area contributed by atoms with Crippen molar-refractivity contribution in [3.63, 3.8) is 0 Å². The third kappa shape index (κ3) is 4.37. The summed E-state index contributed by atoms with van der Waals surface area (Å²) in [7, 11) is 1.61. The van der Waals surface area contributed by atoms with E-state index in [9.17, 15) is 9.59 Å². The number of carbonyl (C=O) groups is 1. The Morgan fingerprint density at radius 1 is 1.17 bits per heavy atom. The van der Waals surface area contributed by atoms with Crippen LogP contribution >= 0.6 is 23.1 Å². The smallest absolute Gasteiger partial charge is 0.258 e. The van der Waals surface area contributed by atoms with Gasteiger partial charge in [0.05, 0.1) is 28.8 Å². The number of aromatic nitrogens is 3. The van der Waals surface area contributed by atoms with Gasteiger partial charge in [-0.2, -0.15) is 0 Å². The predicted octanol–water partition coefficient (Wildman–Crippen LogP) is 3.89. The van der Waals surface area contributed by atoms with Crippen molar-refractivity contribution in [3.05, 3.63) is 70.6 Å². The maximum absolute atomic E-state index is 12.5. The molecule has 0 saturated carbocycles. The van der Waals surface area contributed by atoms with Gasteiger partial charge in [-0.25, -0.2) is 9.97 Å². The summed E-state index contributed by atoms with van der Waals surface area (Å²) in [5.41, 5.74) is 1.92. The number of anilines is 1. The summed E-state index contributed by atoms with van der Waals surface area (Å²) in [5, 5.41) is 3.80. The van der Waals surface area contributed by atoms with Crippen LogP contribution < -0.4 is 15.6 Å². The molecule has 0 unspecified atom stereocenters. The average molecular weight is 439 g/mol. The Morgan fingerprint density at radius 2 is 1.97 bits per heavy atom. The molecule has 0 fully saturated rings. The van der Waals surface area contributed by atoms with E-state index in [4.69, 9.17) is 4.74 Å². The summed E-state index contributed by atoms with van der Waals surface area (Å²) in [6.45, 7) is 1.76. The van der Waals surface area contributed by atoms with Crippen molar-refractivity contribution in [1.29, 1.82) is 0 Å². The highest BCUT2D eigenvalue weighted by Gasteiger charge is 2.14. The fraction of sp³-hybridized carbons (Fsp3) is 0.143. The van der Waals surface area contributed by atoms with Gasteiger partial charge in [0.1, 0.15) is 5.75 Å². The SMILES string of the molecule is COc1ccc2nc(NC(=O)CSc3nc(C)cc(=O)n3-c3ccccc3)sc2c1. The summed E-state index contributed by atoms with van der Waals surface area (Å²) >= 11 is 2.59. The number of para-hydroxylation sites is 1. The van der Waals surface area contributed by atoms with Gasteiger partial charge in [0.15, 0.2) is 10.3 Å². The van der Waals surface area contributed by atoms with Crippen LogP contribution in [0, 0.1) is 6.92 Å². The van der Waals surface area contributed by atoms with E-state index in [2.05, 4.69) is 15.3 Å². The lowest BCUT2D eigenvalue weighted by atomic mass is 10.3. The summed E-state index contributed by atoms with van der Waals surface area (Å²) < 4.78 is 7.66. The molecule has 0 saturated heterocycles. The highest BCUT2D eigenvalue weighted by Crippen LogP contribution is 2.29. The van der Waals surface area contributed by atoms with Gasteiger partial charge in [-0.3, -0.25) is 14.2 Å². The van der Waals surface area contributed by atoms with Crippen LogP contribution in [0.15, 0.2) is 64.5 Å². The number of thiazole rings is 1. The van der Waals surface area contributed by atoms with E-state index < -0.39 is 0 Å². The molecule has 30 heavy (non-hydrogen) atoms. The highest BCUT2D eigenvalue weighted by atomic mass is 32.2. The van der Waals surface area contributed by atoms with Gasteiger partial charge in [0.2, 0.25) is 5.91 Å². The lowest BCUT2D eigenvalue weighted by Gasteiger charge is -2.11. The normalized spacial score (nSPS) is 10.9. The molecule has 4 aromatic rings. The fourth-order valence-corrected chi connectivity index (χ4v) is 4.63. The standard InChI is InChI=1S/C21H18N4O3S2/c1-13-10-19(27)25(14-6-4-3-5-7-14)21(22-13)29-12-18(26)24-20-23-16-9-8-15(28-2)11-17(16)30-20/h3-11H,12H2,1-2H3,(H,23,24,26). The number of hydrogen-bond donors (Lipinski definition) is 1. The first-order chi connectivity index (χ1) is 14.5. The molecule has 0 spiro atoms. The van der Waals surface area contributed by atoms with E-state index in [0.717, 1.165) is 16.0 Å². The molecular formula is C21H18N4O3S2. The molecule has 0 bridgehead atoms. The number of fused-ring (bicyclic) bond motifs is 1. The second kappa shape index (κ2) is 8.68. The number of nitrogens with zero attached hydrogens (tertiary/aromatic N) is 3. The molecule has 7 nitrogen and oxygen atoms in total. The second-order valence-electron chi connectivity index (χ2n) is 6.38. The molecule has 2 aromatic carbocycles. The Morgan fingerprint density at radius 3 is 2.73 bits per heavy atom. The highest BCUT2D eigenvalue weighted by molar-refractivity contribution is 7.99. The molecule has 0 radical (unpaired) electrons. The fourth-order valence-electron chi connectivity index (χ4n) is 2.85. The molecule has 1 N–H and O–H groups in total. The number of hydrogen-bond acceptors (Lipinski definition) is 7. The molecule has 4 rings (SSSR count). The minimum absolute atomic E-state index is 0.0992. The molecule has 0 aliphatic heterocycles. The lowest BCUT2D eigenvalue weighted by molar-refractivity contribution is -0.113. The quantitative estimate of drug-likeness (QED) is 0.363. The van der Waals surface area contributed by atoms with Crippen molar-refractivity contribution in [1.82, 2.24) is 14.5 Å². The Labute approximate surface area is 180 Å². The van der Waals surface area contributed by atoms with Gasteiger partial charge in [0, 0.05) is 11.8 Å². The Bertz CT molecular complexity index is 1270. The third-order valence-electron chi connectivity index (χ3n) is 4.20. The van der Waals surface area contributed by atoms with Crippen LogP contribution in [0.2, 0.25) is 0 Å². The molecule has 152 valence electrons. The maximum atomic E-state index is 12.5. The topological polar surface area (TPSA) is 86.1 Å². The van der Waals surface area contributed by atoms with Crippen LogP contribution in [0.5, 0.6) is 5.75 Å². The zero-order valence-corrected chi connectivity index (χ0v) is 17.9. The summed E-state index contributed by atoms with van der Waals surface area (Å²) in [6, 6.07) is 16.3. The van der Waals surface area contributed by atoms with Crippen molar-refractivity contribution in [3.8, 4) is 11.4 Å².